The van der Waals surface area contributed by atoms with E-state index in [4.69, 9.17) is 19.4 Å². The maximum atomic E-state index is 6.54. The van der Waals surface area contributed by atoms with Gasteiger partial charge in [0.2, 0.25) is 0 Å². The lowest BCUT2D eigenvalue weighted by molar-refractivity contribution is 0.669. The van der Waals surface area contributed by atoms with Crippen molar-refractivity contribution in [2.75, 3.05) is 0 Å². The molecule has 4 nitrogen and oxygen atoms in total. The molecule has 0 N–H and O–H groups in total. The maximum Gasteiger partial charge on any atom is 0.164 e. The van der Waals surface area contributed by atoms with Crippen LogP contribution in [-0.2, 0) is 0 Å². The van der Waals surface area contributed by atoms with Gasteiger partial charge < -0.3 is 4.42 Å². The first-order valence-electron chi connectivity index (χ1n) is 17.8. The summed E-state index contributed by atoms with van der Waals surface area (Å²) in [5.74, 6) is 1.84. The number of nitrogens with zero attached hydrogens (tertiary/aromatic N) is 3. The van der Waals surface area contributed by atoms with Crippen LogP contribution >= 0.6 is 0 Å². The molecule has 4 heteroatoms. The van der Waals surface area contributed by atoms with Crippen molar-refractivity contribution >= 4 is 32.7 Å². The van der Waals surface area contributed by atoms with Crippen LogP contribution in [0.2, 0.25) is 0 Å². The molecule has 0 unspecified atom stereocenters. The first kappa shape index (κ1) is 30.6. The molecule has 0 saturated heterocycles. The van der Waals surface area contributed by atoms with Crippen molar-refractivity contribution < 1.29 is 4.42 Å². The van der Waals surface area contributed by atoms with Gasteiger partial charge in [-0.3, -0.25) is 0 Å². The SMILES string of the molecule is c1ccc(-c2ccc(-c3ccc4c(c3)oc3cccc(-c5nc(-c6ccccc6)nc(-c6ccc(-c7ccccc7)c7ccccc67)n5)c34)cc2)cc1. The quantitative estimate of drug-likeness (QED) is 0.176. The van der Waals surface area contributed by atoms with Gasteiger partial charge in [-0.2, -0.15) is 0 Å². The monoisotopic (exact) mass is 677 g/mol. The Morgan fingerprint density at radius 2 is 0.792 bits per heavy atom. The molecule has 0 fully saturated rings. The van der Waals surface area contributed by atoms with Gasteiger partial charge in [-0.15, -0.1) is 0 Å². The largest absolute Gasteiger partial charge is 0.456 e. The van der Waals surface area contributed by atoms with Crippen LogP contribution in [0.1, 0.15) is 0 Å². The van der Waals surface area contributed by atoms with Gasteiger partial charge in [-0.25, -0.2) is 15.0 Å². The van der Waals surface area contributed by atoms with E-state index in [1.807, 2.05) is 54.6 Å². The van der Waals surface area contributed by atoms with Gasteiger partial charge >= 0.3 is 0 Å². The average Bonchev–Trinajstić information content (AvgIpc) is 3.62. The second kappa shape index (κ2) is 12.9. The van der Waals surface area contributed by atoms with E-state index in [0.29, 0.717) is 17.5 Å². The number of hydrogen-bond acceptors (Lipinski definition) is 4. The van der Waals surface area contributed by atoms with E-state index >= 15 is 0 Å². The van der Waals surface area contributed by atoms with Crippen LogP contribution in [0.25, 0.3) is 100 Å². The van der Waals surface area contributed by atoms with E-state index in [2.05, 4.69) is 133 Å². The van der Waals surface area contributed by atoms with Gasteiger partial charge in [0.15, 0.2) is 17.5 Å². The van der Waals surface area contributed by atoms with Gasteiger partial charge in [-0.1, -0.05) is 164 Å². The summed E-state index contributed by atoms with van der Waals surface area (Å²) >= 11 is 0. The molecule has 0 bridgehead atoms. The Labute approximate surface area is 306 Å². The molecule has 0 spiro atoms. The van der Waals surface area contributed by atoms with Crippen LogP contribution in [0.15, 0.2) is 192 Å². The minimum Gasteiger partial charge on any atom is -0.456 e. The Balaban J connectivity index is 1.12. The lowest BCUT2D eigenvalue weighted by Gasteiger charge is -2.13. The number of rotatable bonds is 6. The maximum absolute atomic E-state index is 6.54. The lowest BCUT2D eigenvalue weighted by atomic mass is 9.94. The lowest BCUT2D eigenvalue weighted by Crippen LogP contribution is -2.01. The molecule has 0 saturated carbocycles. The van der Waals surface area contributed by atoms with Crippen LogP contribution in [0, 0.1) is 0 Å². The van der Waals surface area contributed by atoms with Gasteiger partial charge in [-0.05, 0) is 68.4 Å². The molecular formula is C49H31N3O. The van der Waals surface area contributed by atoms with Crippen molar-refractivity contribution in [3.8, 4) is 67.5 Å². The Bertz CT molecular complexity index is 2920. The molecule has 0 aliphatic carbocycles. The zero-order valence-corrected chi connectivity index (χ0v) is 28.6. The van der Waals surface area contributed by atoms with Crippen molar-refractivity contribution in [2.45, 2.75) is 0 Å². The third-order valence-electron chi connectivity index (χ3n) is 9.98. The highest BCUT2D eigenvalue weighted by molar-refractivity contribution is 6.12. The first-order chi connectivity index (χ1) is 26.3. The number of fused-ring (bicyclic) bond motifs is 4. The molecule has 0 aliphatic rings. The van der Waals surface area contributed by atoms with Gasteiger partial charge in [0.05, 0.1) is 0 Å². The van der Waals surface area contributed by atoms with Crippen LogP contribution < -0.4 is 0 Å². The summed E-state index contributed by atoms with van der Waals surface area (Å²) in [6, 6.07) is 65.1. The highest BCUT2D eigenvalue weighted by Gasteiger charge is 2.20. The minimum atomic E-state index is 0.596. The third-order valence-corrected chi connectivity index (χ3v) is 9.98. The fourth-order valence-corrected chi connectivity index (χ4v) is 7.37. The van der Waals surface area contributed by atoms with Crippen molar-refractivity contribution in [1.82, 2.24) is 15.0 Å². The number of hydrogen-bond donors (Lipinski definition) is 0. The molecular weight excluding hydrogens is 647 g/mol. The van der Waals surface area contributed by atoms with E-state index in [9.17, 15) is 0 Å². The van der Waals surface area contributed by atoms with Crippen LogP contribution in [0.3, 0.4) is 0 Å². The van der Waals surface area contributed by atoms with Crippen molar-refractivity contribution in [2.24, 2.45) is 0 Å². The van der Waals surface area contributed by atoms with Gasteiger partial charge in [0, 0.05) is 27.5 Å². The fraction of sp³-hybridized carbons (Fsp3) is 0. The summed E-state index contributed by atoms with van der Waals surface area (Å²) in [5, 5.41) is 4.23. The van der Waals surface area contributed by atoms with E-state index in [-0.39, 0.29) is 0 Å². The average molecular weight is 678 g/mol. The Morgan fingerprint density at radius 3 is 1.49 bits per heavy atom. The van der Waals surface area contributed by atoms with E-state index in [1.54, 1.807) is 0 Å². The summed E-state index contributed by atoms with van der Waals surface area (Å²) < 4.78 is 6.54. The van der Waals surface area contributed by atoms with Gasteiger partial charge in [0.1, 0.15) is 11.2 Å². The molecule has 0 atom stereocenters. The molecule has 0 amide bonds. The molecule has 8 aromatic carbocycles. The molecule has 2 heterocycles. The summed E-state index contributed by atoms with van der Waals surface area (Å²) in [6.45, 7) is 0. The number of furan rings is 1. The molecule has 53 heavy (non-hydrogen) atoms. The predicted molar refractivity (Wildman–Crippen MR) is 217 cm³/mol. The zero-order chi connectivity index (χ0) is 35.1. The normalized spacial score (nSPS) is 11.4. The molecule has 0 radical (unpaired) electrons. The predicted octanol–water partition coefficient (Wildman–Crippen LogP) is 12.9. The molecule has 10 aromatic rings. The van der Waals surface area contributed by atoms with Crippen LogP contribution in [0.4, 0.5) is 0 Å². The fourth-order valence-electron chi connectivity index (χ4n) is 7.37. The van der Waals surface area contributed by atoms with Crippen molar-refractivity contribution in [1.29, 1.82) is 0 Å². The zero-order valence-electron chi connectivity index (χ0n) is 28.6. The van der Waals surface area contributed by atoms with Crippen LogP contribution in [-0.4, -0.2) is 15.0 Å². The Kier molecular flexibility index (Phi) is 7.43. The van der Waals surface area contributed by atoms with Crippen molar-refractivity contribution in [3.05, 3.63) is 188 Å². The smallest absolute Gasteiger partial charge is 0.164 e. The molecule has 0 aliphatic heterocycles. The second-order valence-electron chi connectivity index (χ2n) is 13.2. The highest BCUT2D eigenvalue weighted by Crippen LogP contribution is 2.40. The molecule has 10 rings (SSSR count). The van der Waals surface area contributed by atoms with E-state index < -0.39 is 0 Å². The van der Waals surface area contributed by atoms with Crippen molar-refractivity contribution in [3.63, 3.8) is 0 Å². The number of aromatic nitrogens is 3. The van der Waals surface area contributed by atoms with E-state index in [0.717, 1.165) is 60.5 Å². The summed E-state index contributed by atoms with van der Waals surface area (Å²) in [6.07, 6.45) is 0. The summed E-state index contributed by atoms with van der Waals surface area (Å²) in [7, 11) is 0. The standard InChI is InChI=1S/C49H31N3O/c1-4-13-32(14-5-1)33-23-25-34(26-24-33)37-27-28-42-45(31-37)53-44-22-12-21-43(46(42)44)49-51-47(36-17-8-3-9-18-36)50-48(52-49)41-30-29-38(35-15-6-2-7-16-35)39-19-10-11-20-40(39)41/h1-31H. The number of benzene rings is 8. The highest BCUT2D eigenvalue weighted by atomic mass is 16.3. The van der Waals surface area contributed by atoms with E-state index in [1.165, 1.54) is 22.3 Å². The third kappa shape index (κ3) is 5.54. The van der Waals surface area contributed by atoms with Crippen LogP contribution in [0.5, 0.6) is 0 Å². The Morgan fingerprint density at radius 1 is 0.283 bits per heavy atom. The molecule has 2 aromatic heterocycles. The molecule has 248 valence electrons. The van der Waals surface area contributed by atoms with Gasteiger partial charge in [0.25, 0.3) is 0 Å². The second-order valence-corrected chi connectivity index (χ2v) is 13.2. The summed E-state index contributed by atoms with van der Waals surface area (Å²) in [5.41, 5.74) is 11.3. The Hall–Kier alpha value is -7.17. The summed E-state index contributed by atoms with van der Waals surface area (Å²) in [4.78, 5) is 15.4. The minimum absolute atomic E-state index is 0.596. The topological polar surface area (TPSA) is 51.8 Å². The first-order valence-corrected chi connectivity index (χ1v) is 17.8.